The van der Waals surface area contributed by atoms with E-state index in [0.29, 0.717) is 37.8 Å². The average molecular weight is 574 g/mol. The number of hydrogen-bond donors (Lipinski definition) is 2. The minimum Gasteiger partial charge on any atom is -0.492 e. The normalized spacial score (nSPS) is 14.2. The number of halogens is 1. The Kier molecular flexibility index (Phi) is 9.86. The lowest BCUT2D eigenvalue weighted by Gasteiger charge is -2.34. The first-order valence-electron chi connectivity index (χ1n) is 13.8. The van der Waals surface area contributed by atoms with Gasteiger partial charge in [-0.05, 0) is 47.5 Å². The van der Waals surface area contributed by atoms with E-state index in [0.717, 1.165) is 30.0 Å². The summed E-state index contributed by atoms with van der Waals surface area (Å²) in [7, 11) is 0. The lowest BCUT2D eigenvalue weighted by atomic mass is 10.0. The van der Waals surface area contributed by atoms with Gasteiger partial charge in [-0.3, -0.25) is 14.5 Å². The molecule has 2 amide bonds. The van der Waals surface area contributed by atoms with Crippen LogP contribution in [0.2, 0.25) is 0 Å². The van der Waals surface area contributed by atoms with Crippen LogP contribution in [0.3, 0.4) is 0 Å². The number of para-hydroxylation sites is 1. The minimum absolute atomic E-state index is 0.0691. The van der Waals surface area contributed by atoms with E-state index in [-0.39, 0.29) is 36.6 Å². The van der Waals surface area contributed by atoms with Crippen molar-refractivity contribution in [2.75, 3.05) is 46.0 Å². The fourth-order valence-electron chi connectivity index (χ4n) is 4.53. The van der Waals surface area contributed by atoms with Crippen molar-refractivity contribution in [1.29, 1.82) is 0 Å². The van der Waals surface area contributed by atoms with E-state index in [2.05, 4.69) is 25.7 Å². The Bertz CT molecular complexity index is 1440. The van der Waals surface area contributed by atoms with E-state index >= 15 is 0 Å². The third-order valence-corrected chi connectivity index (χ3v) is 6.87. The maximum absolute atomic E-state index is 13.2. The van der Waals surface area contributed by atoms with Crippen LogP contribution in [0.5, 0.6) is 5.75 Å². The fraction of sp³-hybridized carbons (Fsp3) is 0.290. The van der Waals surface area contributed by atoms with Crippen LogP contribution in [0.25, 0.3) is 11.1 Å². The molecule has 218 valence electrons. The largest absolute Gasteiger partial charge is 0.492 e. The van der Waals surface area contributed by atoms with E-state index in [4.69, 9.17) is 14.0 Å². The number of amides is 2. The third kappa shape index (κ3) is 7.99. The molecule has 1 saturated heterocycles. The third-order valence-electron chi connectivity index (χ3n) is 6.87. The van der Waals surface area contributed by atoms with E-state index in [9.17, 15) is 14.0 Å². The van der Waals surface area contributed by atoms with Gasteiger partial charge in [0.15, 0.2) is 5.82 Å². The van der Waals surface area contributed by atoms with Crippen LogP contribution in [0.4, 0.5) is 4.39 Å². The van der Waals surface area contributed by atoms with Gasteiger partial charge in [-0.25, -0.2) is 4.39 Å². The zero-order valence-corrected chi connectivity index (χ0v) is 23.0. The lowest BCUT2D eigenvalue weighted by Crippen LogP contribution is -2.51. The van der Waals surface area contributed by atoms with Crippen molar-refractivity contribution in [1.82, 2.24) is 25.7 Å². The Hall–Kier alpha value is -4.61. The summed E-state index contributed by atoms with van der Waals surface area (Å²) in [6.45, 7) is 3.73. The van der Waals surface area contributed by atoms with Crippen LogP contribution in [0.1, 0.15) is 26.9 Å². The molecular weight excluding hydrogens is 541 g/mol. The molecule has 0 bridgehead atoms. The molecule has 0 aliphatic carbocycles. The van der Waals surface area contributed by atoms with Gasteiger partial charge in [0.25, 0.3) is 5.91 Å². The van der Waals surface area contributed by atoms with Crippen LogP contribution in [0, 0.1) is 5.82 Å². The highest BCUT2D eigenvalue weighted by atomic mass is 19.1. The second kappa shape index (κ2) is 14.3. The van der Waals surface area contributed by atoms with Crippen molar-refractivity contribution in [3.05, 3.63) is 102 Å². The SMILES string of the molecule is O=C(NCCc1noc(C(=O)NCC(COc2ccccc2)N2CCOCC2)n1)c1ccc(-c2ccc(F)cc2)cc1. The summed E-state index contributed by atoms with van der Waals surface area (Å²) in [5.74, 6) is -0.100. The zero-order valence-electron chi connectivity index (χ0n) is 23.0. The van der Waals surface area contributed by atoms with Crippen molar-refractivity contribution in [3.8, 4) is 16.9 Å². The Morgan fingerprint density at radius 1 is 0.905 bits per heavy atom. The molecule has 10 nitrogen and oxygen atoms in total. The number of ether oxygens (including phenoxy) is 2. The van der Waals surface area contributed by atoms with Crippen LogP contribution in [0.15, 0.2) is 83.4 Å². The van der Waals surface area contributed by atoms with E-state index in [1.54, 1.807) is 24.3 Å². The van der Waals surface area contributed by atoms with E-state index < -0.39 is 5.91 Å². The summed E-state index contributed by atoms with van der Waals surface area (Å²) >= 11 is 0. The van der Waals surface area contributed by atoms with Gasteiger partial charge in [0, 0.05) is 38.2 Å². The molecule has 0 spiro atoms. The van der Waals surface area contributed by atoms with Crippen molar-refractivity contribution < 1.29 is 28.0 Å². The van der Waals surface area contributed by atoms with E-state index in [1.807, 2.05) is 42.5 Å². The highest BCUT2D eigenvalue weighted by Crippen LogP contribution is 2.20. The maximum atomic E-state index is 13.2. The molecule has 3 aromatic carbocycles. The molecule has 2 heterocycles. The molecule has 42 heavy (non-hydrogen) atoms. The number of nitrogens with zero attached hydrogens (tertiary/aromatic N) is 3. The highest BCUT2D eigenvalue weighted by molar-refractivity contribution is 5.94. The van der Waals surface area contributed by atoms with Gasteiger partial charge in [0.1, 0.15) is 18.2 Å². The number of morpholine rings is 1. The van der Waals surface area contributed by atoms with Crippen LogP contribution in [-0.2, 0) is 11.2 Å². The Morgan fingerprint density at radius 3 is 2.31 bits per heavy atom. The first-order chi connectivity index (χ1) is 20.5. The monoisotopic (exact) mass is 573 g/mol. The maximum Gasteiger partial charge on any atom is 0.315 e. The smallest absolute Gasteiger partial charge is 0.315 e. The molecule has 1 atom stereocenters. The van der Waals surface area contributed by atoms with Gasteiger partial charge in [-0.15, -0.1) is 0 Å². The van der Waals surface area contributed by atoms with Crippen molar-refractivity contribution >= 4 is 11.8 Å². The molecule has 11 heteroatoms. The van der Waals surface area contributed by atoms with Crippen molar-refractivity contribution in [2.45, 2.75) is 12.5 Å². The summed E-state index contributed by atoms with van der Waals surface area (Å²) in [5.41, 5.74) is 2.22. The molecule has 1 unspecified atom stereocenters. The molecule has 1 aliphatic rings. The standard InChI is InChI=1S/C31H32FN5O5/c32-25-12-10-23(11-13-25)22-6-8-24(9-7-22)29(38)33-15-14-28-35-31(42-36-28)30(39)34-20-26(37-16-18-40-19-17-37)21-41-27-4-2-1-3-5-27/h1-13,26H,14-21H2,(H,33,38)(H,34,39). The topological polar surface area (TPSA) is 119 Å². The minimum atomic E-state index is -0.475. The molecule has 0 radical (unpaired) electrons. The van der Waals surface area contributed by atoms with Crippen LogP contribution >= 0.6 is 0 Å². The molecule has 1 aliphatic heterocycles. The van der Waals surface area contributed by atoms with Crippen LogP contribution < -0.4 is 15.4 Å². The molecule has 1 aromatic heterocycles. The van der Waals surface area contributed by atoms with Gasteiger partial charge in [0.2, 0.25) is 0 Å². The number of aromatic nitrogens is 2. The Morgan fingerprint density at radius 2 is 1.60 bits per heavy atom. The van der Waals surface area contributed by atoms with Gasteiger partial charge in [0.05, 0.1) is 19.3 Å². The van der Waals surface area contributed by atoms with Gasteiger partial charge >= 0.3 is 11.8 Å². The Balaban J connectivity index is 1.08. The molecule has 4 aromatic rings. The lowest BCUT2D eigenvalue weighted by molar-refractivity contribution is 0.00634. The first kappa shape index (κ1) is 28.9. The molecule has 5 rings (SSSR count). The molecular formula is C31H32FN5O5. The Labute approximate surface area is 242 Å². The number of benzene rings is 3. The van der Waals surface area contributed by atoms with Gasteiger partial charge < -0.3 is 24.6 Å². The predicted octanol–water partition coefficient (Wildman–Crippen LogP) is 3.36. The van der Waals surface area contributed by atoms with E-state index in [1.165, 1.54) is 12.1 Å². The average Bonchev–Trinajstić information content (AvgIpc) is 3.51. The number of hydrogen-bond acceptors (Lipinski definition) is 8. The first-order valence-corrected chi connectivity index (χ1v) is 13.8. The molecule has 1 fully saturated rings. The molecule has 0 saturated carbocycles. The number of carbonyl (C=O) groups is 2. The fourth-order valence-corrected chi connectivity index (χ4v) is 4.53. The van der Waals surface area contributed by atoms with Gasteiger partial charge in [-0.1, -0.05) is 47.6 Å². The highest BCUT2D eigenvalue weighted by Gasteiger charge is 2.24. The summed E-state index contributed by atoms with van der Waals surface area (Å²) in [6, 6.07) is 22.7. The van der Waals surface area contributed by atoms with Gasteiger partial charge in [-0.2, -0.15) is 4.98 Å². The quantitative estimate of drug-likeness (QED) is 0.265. The second-order valence-electron chi connectivity index (χ2n) is 9.74. The molecule has 2 N–H and O–H groups in total. The number of carbonyl (C=O) groups excluding carboxylic acids is 2. The summed E-state index contributed by atoms with van der Waals surface area (Å²) < 4.78 is 29.7. The number of rotatable bonds is 12. The predicted molar refractivity (Wildman–Crippen MR) is 153 cm³/mol. The van der Waals surface area contributed by atoms with Crippen molar-refractivity contribution in [3.63, 3.8) is 0 Å². The second-order valence-corrected chi connectivity index (χ2v) is 9.74. The summed E-state index contributed by atoms with van der Waals surface area (Å²) in [4.78, 5) is 31.7. The zero-order chi connectivity index (χ0) is 29.1. The number of nitrogens with one attached hydrogen (secondary N) is 2. The van der Waals surface area contributed by atoms with Crippen LogP contribution in [-0.4, -0.2) is 78.9 Å². The summed E-state index contributed by atoms with van der Waals surface area (Å²) in [6.07, 6.45) is 0.289. The van der Waals surface area contributed by atoms with Crippen molar-refractivity contribution in [2.24, 2.45) is 0 Å². The summed E-state index contributed by atoms with van der Waals surface area (Å²) in [5, 5.41) is 9.57.